The highest BCUT2D eigenvalue weighted by molar-refractivity contribution is 7.14. The zero-order valence-corrected chi connectivity index (χ0v) is 15.5. The van der Waals surface area contributed by atoms with E-state index in [0.29, 0.717) is 5.00 Å². The van der Waals surface area contributed by atoms with E-state index in [1.807, 2.05) is 44.2 Å². The lowest BCUT2D eigenvalue weighted by Crippen LogP contribution is -2.27. The van der Waals surface area contributed by atoms with Crippen LogP contribution in [0.2, 0.25) is 0 Å². The summed E-state index contributed by atoms with van der Waals surface area (Å²) in [4.78, 5) is 35.9. The second-order valence-corrected chi connectivity index (χ2v) is 6.87. The Morgan fingerprint density at radius 3 is 2.50 bits per heavy atom. The van der Waals surface area contributed by atoms with Gasteiger partial charge in [0.2, 0.25) is 0 Å². The summed E-state index contributed by atoms with van der Waals surface area (Å²) in [5.41, 5.74) is 6.34. The number of carbonyl (C=O) groups excluding carboxylic acids is 3. The molecule has 0 aliphatic rings. The number of amides is 2. The van der Waals surface area contributed by atoms with Crippen molar-refractivity contribution < 1.29 is 19.1 Å². The van der Waals surface area contributed by atoms with Crippen molar-refractivity contribution >= 4 is 34.1 Å². The molecule has 1 aromatic heterocycles. The van der Waals surface area contributed by atoms with Crippen LogP contribution in [0.4, 0.5) is 5.00 Å². The number of nitrogens with two attached hydrogens (primary N) is 1. The Bertz CT molecular complexity index is 773. The second kappa shape index (κ2) is 9.15. The minimum atomic E-state index is -0.626. The summed E-state index contributed by atoms with van der Waals surface area (Å²) >= 11 is 1.18. The van der Waals surface area contributed by atoms with Gasteiger partial charge in [-0.2, -0.15) is 0 Å². The van der Waals surface area contributed by atoms with Gasteiger partial charge in [0.25, 0.3) is 11.8 Å². The van der Waals surface area contributed by atoms with E-state index in [0.717, 1.165) is 12.0 Å². The van der Waals surface area contributed by atoms with Crippen LogP contribution >= 0.6 is 11.3 Å². The summed E-state index contributed by atoms with van der Waals surface area (Å²) in [6.45, 7) is 3.56. The fraction of sp³-hybridized carbons (Fsp3) is 0.316. The molecule has 0 aliphatic carbocycles. The van der Waals surface area contributed by atoms with Crippen LogP contribution in [0.5, 0.6) is 0 Å². The number of anilines is 1. The quantitative estimate of drug-likeness (QED) is 0.693. The lowest BCUT2D eigenvalue weighted by molar-refractivity contribution is -0.150. The highest BCUT2D eigenvalue weighted by atomic mass is 32.1. The number of hydrogen-bond donors (Lipinski definition) is 2. The van der Waals surface area contributed by atoms with Crippen molar-refractivity contribution in [3.63, 3.8) is 0 Å². The first-order chi connectivity index (χ1) is 12.4. The van der Waals surface area contributed by atoms with E-state index in [1.54, 1.807) is 5.38 Å². The Morgan fingerprint density at radius 1 is 1.19 bits per heavy atom. The van der Waals surface area contributed by atoms with Gasteiger partial charge in [-0.1, -0.05) is 50.6 Å². The van der Waals surface area contributed by atoms with Crippen LogP contribution < -0.4 is 11.1 Å². The van der Waals surface area contributed by atoms with Crippen molar-refractivity contribution in [1.82, 2.24) is 0 Å². The number of rotatable bonds is 8. The molecule has 138 valence electrons. The fourth-order valence-corrected chi connectivity index (χ4v) is 3.39. The molecule has 0 saturated carbocycles. The zero-order chi connectivity index (χ0) is 19.1. The van der Waals surface area contributed by atoms with Crippen LogP contribution in [-0.4, -0.2) is 24.4 Å². The predicted octanol–water partition coefficient (Wildman–Crippen LogP) is 3.16. The first-order valence-electron chi connectivity index (χ1n) is 8.32. The molecule has 2 aromatic rings. The molecule has 0 unspecified atom stereocenters. The molecule has 0 fully saturated rings. The molecule has 1 heterocycles. The zero-order valence-electron chi connectivity index (χ0n) is 14.7. The van der Waals surface area contributed by atoms with Gasteiger partial charge in [-0.05, 0) is 22.9 Å². The third-order valence-corrected chi connectivity index (χ3v) is 4.98. The van der Waals surface area contributed by atoms with Crippen molar-refractivity contribution in [2.45, 2.75) is 26.2 Å². The third kappa shape index (κ3) is 4.92. The van der Waals surface area contributed by atoms with Gasteiger partial charge in [0.15, 0.2) is 6.61 Å². The van der Waals surface area contributed by atoms with Crippen molar-refractivity contribution in [2.75, 3.05) is 11.9 Å². The molecule has 2 rings (SSSR count). The third-order valence-electron chi connectivity index (χ3n) is 4.15. The van der Waals surface area contributed by atoms with Gasteiger partial charge in [0, 0.05) is 0 Å². The first-order valence-corrected chi connectivity index (χ1v) is 9.20. The van der Waals surface area contributed by atoms with Gasteiger partial charge in [0.1, 0.15) is 5.00 Å². The number of esters is 1. The fourth-order valence-electron chi connectivity index (χ4n) is 2.58. The van der Waals surface area contributed by atoms with E-state index in [4.69, 9.17) is 10.5 Å². The standard InChI is InChI=1S/C19H22N2O4S/c1-3-12(2)16(13-7-5-4-6-8-13)19(24)25-11-15(22)21-18-14(17(20)23)9-10-26-18/h4-10,12,16H,3,11H2,1-2H3,(H2,20,23)(H,21,22)/t12-,16-/m1/s1. The Balaban J connectivity index is 2.00. The maximum Gasteiger partial charge on any atom is 0.314 e. The number of ether oxygens (including phenoxy) is 1. The minimum absolute atomic E-state index is 0.0757. The number of carbonyl (C=O) groups is 3. The molecule has 0 spiro atoms. The number of thiophene rings is 1. The summed E-state index contributed by atoms with van der Waals surface area (Å²) in [7, 11) is 0. The Labute approximate surface area is 156 Å². The first kappa shape index (κ1) is 19.7. The Morgan fingerprint density at radius 2 is 1.88 bits per heavy atom. The Hall–Kier alpha value is -2.67. The number of hydrogen-bond acceptors (Lipinski definition) is 5. The molecule has 2 amide bonds. The monoisotopic (exact) mass is 374 g/mol. The molecule has 0 radical (unpaired) electrons. The maximum atomic E-state index is 12.6. The highest BCUT2D eigenvalue weighted by Gasteiger charge is 2.28. The summed E-state index contributed by atoms with van der Waals surface area (Å²) in [6, 6.07) is 10.9. The van der Waals surface area contributed by atoms with Crippen molar-refractivity contribution in [3.8, 4) is 0 Å². The number of nitrogens with one attached hydrogen (secondary N) is 1. The second-order valence-electron chi connectivity index (χ2n) is 5.96. The molecule has 1 aromatic carbocycles. The SMILES string of the molecule is CC[C@@H](C)[C@@H](C(=O)OCC(=O)Nc1sccc1C(N)=O)c1ccccc1. The lowest BCUT2D eigenvalue weighted by atomic mass is 9.86. The number of primary amides is 1. The van der Waals surface area contributed by atoms with E-state index in [-0.39, 0.29) is 11.5 Å². The van der Waals surface area contributed by atoms with Crippen LogP contribution in [0, 0.1) is 5.92 Å². The summed E-state index contributed by atoms with van der Waals surface area (Å²) in [6.07, 6.45) is 0.804. The minimum Gasteiger partial charge on any atom is -0.455 e. The normalized spacial score (nSPS) is 12.8. The van der Waals surface area contributed by atoms with E-state index in [1.165, 1.54) is 17.4 Å². The molecule has 0 bridgehead atoms. The van der Waals surface area contributed by atoms with E-state index in [9.17, 15) is 14.4 Å². The van der Waals surface area contributed by atoms with Crippen molar-refractivity contribution in [3.05, 3.63) is 52.9 Å². The topological polar surface area (TPSA) is 98.5 Å². The molecule has 6 nitrogen and oxygen atoms in total. The maximum absolute atomic E-state index is 12.6. The van der Waals surface area contributed by atoms with Gasteiger partial charge < -0.3 is 15.8 Å². The average Bonchev–Trinajstić information content (AvgIpc) is 3.09. The van der Waals surface area contributed by atoms with E-state index in [2.05, 4.69) is 5.32 Å². The van der Waals surface area contributed by atoms with Crippen LogP contribution in [0.25, 0.3) is 0 Å². The van der Waals surface area contributed by atoms with Crippen LogP contribution in [-0.2, 0) is 14.3 Å². The molecular formula is C19H22N2O4S. The number of benzene rings is 1. The van der Waals surface area contributed by atoms with E-state index < -0.39 is 30.3 Å². The van der Waals surface area contributed by atoms with Crippen LogP contribution in [0.15, 0.2) is 41.8 Å². The Kier molecular flexibility index (Phi) is 6.91. The largest absolute Gasteiger partial charge is 0.455 e. The summed E-state index contributed by atoms with van der Waals surface area (Å²) in [5, 5.41) is 4.55. The lowest BCUT2D eigenvalue weighted by Gasteiger charge is -2.21. The summed E-state index contributed by atoms with van der Waals surface area (Å²) in [5.74, 6) is -1.94. The molecule has 26 heavy (non-hydrogen) atoms. The van der Waals surface area contributed by atoms with Crippen LogP contribution in [0.1, 0.15) is 42.1 Å². The molecular weight excluding hydrogens is 352 g/mol. The highest BCUT2D eigenvalue weighted by Crippen LogP contribution is 2.28. The van der Waals surface area contributed by atoms with Gasteiger partial charge in [0.05, 0.1) is 11.5 Å². The van der Waals surface area contributed by atoms with Gasteiger partial charge in [-0.15, -0.1) is 11.3 Å². The average molecular weight is 374 g/mol. The van der Waals surface area contributed by atoms with Crippen LogP contribution in [0.3, 0.4) is 0 Å². The van der Waals surface area contributed by atoms with Gasteiger partial charge in [-0.25, -0.2) is 0 Å². The molecule has 2 atom stereocenters. The predicted molar refractivity (Wildman–Crippen MR) is 101 cm³/mol. The summed E-state index contributed by atoms with van der Waals surface area (Å²) < 4.78 is 5.23. The molecule has 0 saturated heterocycles. The van der Waals surface area contributed by atoms with Crippen molar-refractivity contribution in [1.29, 1.82) is 0 Å². The van der Waals surface area contributed by atoms with Gasteiger partial charge >= 0.3 is 5.97 Å². The molecule has 0 aliphatic heterocycles. The van der Waals surface area contributed by atoms with Crippen molar-refractivity contribution in [2.24, 2.45) is 11.7 Å². The van der Waals surface area contributed by atoms with Gasteiger partial charge in [-0.3, -0.25) is 14.4 Å². The molecule has 7 heteroatoms. The van der Waals surface area contributed by atoms with E-state index >= 15 is 0 Å². The molecule has 3 N–H and O–H groups in total. The smallest absolute Gasteiger partial charge is 0.314 e.